The van der Waals surface area contributed by atoms with Crippen molar-refractivity contribution in [2.45, 2.75) is 11.8 Å². The van der Waals surface area contributed by atoms with E-state index >= 15 is 0 Å². The average Bonchev–Trinajstić information content (AvgIpc) is 2.55. The molecule has 12 heteroatoms. The summed E-state index contributed by atoms with van der Waals surface area (Å²) in [6.45, 7) is 1.85. The van der Waals surface area contributed by atoms with Crippen LogP contribution in [0, 0.1) is 6.92 Å². The highest BCUT2D eigenvalue weighted by molar-refractivity contribution is 7.90. The van der Waals surface area contributed by atoms with E-state index in [0.29, 0.717) is 10.7 Å². The van der Waals surface area contributed by atoms with Crippen molar-refractivity contribution in [2.75, 3.05) is 23.3 Å². The number of aryl methyl sites for hydroxylation is 1. The third-order valence-corrected chi connectivity index (χ3v) is 4.95. The minimum atomic E-state index is -3.54. The highest BCUT2D eigenvalue weighted by Crippen LogP contribution is 2.26. The Morgan fingerprint density at radius 2 is 2.00 bits per heavy atom. The Morgan fingerprint density at radius 3 is 2.63 bits per heavy atom. The van der Waals surface area contributed by atoms with Crippen molar-refractivity contribution in [3.63, 3.8) is 0 Å². The first-order chi connectivity index (χ1) is 12.6. The average molecular weight is 433 g/mol. The number of anilines is 2. The Labute approximate surface area is 164 Å². The lowest BCUT2D eigenvalue weighted by molar-refractivity contribution is 0.254. The molecule has 146 valence electrons. The number of carbonyl (C=O) groups is 1. The second-order valence-corrected chi connectivity index (χ2v) is 8.85. The molecule has 0 bridgehead atoms. The molecule has 0 aliphatic heterocycles. The number of hydrogen-bond donors (Lipinski definition) is 3. The molecule has 0 aliphatic rings. The topological polar surface area (TPSA) is 126 Å². The third kappa shape index (κ3) is 6.08. The largest absolute Gasteiger partial charge is 0.397 e. The first-order valence-electron chi connectivity index (χ1n) is 7.37. The van der Waals surface area contributed by atoms with Gasteiger partial charge in [-0.05, 0) is 24.6 Å². The monoisotopic (exact) mass is 432 g/mol. The number of hydrazine groups is 1. The summed E-state index contributed by atoms with van der Waals surface area (Å²) in [5.41, 5.74) is 6.11. The van der Waals surface area contributed by atoms with Gasteiger partial charge in [0.2, 0.25) is 11.1 Å². The standard InChI is InChI=1S/C15H17ClN4O5S2/c1-9-4-5-11(16)12(6-9)18-15(21)20-19-14-13(25-26(2)22)7-10(8-17-14)27(3,23)24/h4-8H,1-3H3,(H,17,19)(H2,18,20,21). The van der Waals surface area contributed by atoms with Crippen LogP contribution in [0.3, 0.4) is 0 Å². The van der Waals surface area contributed by atoms with Gasteiger partial charge in [0.05, 0.1) is 15.6 Å². The van der Waals surface area contributed by atoms with Crippen LogP contribution in [-0.4, -0.2) is 36.2 Å². The van der Waals surface area contributed by atoms with Gasteiger partial charge in [0.25, 0.3) is 0 Å². The summed E-state index contributed by atoms with van der Waals surface area (Å²) in [5.74, 6) is -0.129. The molecule has 1 aromatic heterocycles. The van der Waals surface area contributed by atoms with E-state index in [2.05, 4.69) is 21.2 Å². The van der Waals surface area contributed by atoms with E-state index in [1.165, 1.54) is 6.26 Å². The van der Waals surface area contributed by atoms with Crippen LogP contribution in [0.15, 0.2) is 35.4 Å². The van der Waals surface area contributed by atoms with Crippen molar-refractivity contribution in [1.29, 1.82) is 0 Å². The summed E-state index contributed by atoms with van der Waals surface area (Å²) in [5, 5.41) is 2.91. The van der Waals surface area contributed by atoms with E-state index in [0.717, 1.165) is 24.1 Å². The van der Waals surface area contributed by atoms with Crippen LogP contribution in [-0.2, 0) is 20.9 Å². The normalized spacial score (nSPS) is 12.1. The molecule has 1 atom stereocenters. The van der Waals surface area contributed by atoms with Crippen LogP contribution in [0.5, 0.6) is 5.75 Å². The molecular formula is C15H17ClN4O5S2. The first-order valence-corrected chi connectivity index (χ1v) is 11.1. The Morgan fingerprint density at radius 1 is 1.30 bits per heavy atom. The molecule has 27 heavy (non-hydrogen) atoms. The van der Waals surface area contributed by atoms with Gasteiger partial charge in [0.1, 0.15) is 0 Å². The molecule has 1 aromatic carbocycles. The lowest BCUT2D eigenvalue weighted by Crippen LogP contribution is -2.34. The lowest BCUT2D eigenvalue weighted by Gasteiger charge is -2.13. The minimum absolute atomic E-state index is 0.0249. The van der Waals surface area contributed by atoms with Gasteiger partial charge in [0, 0.05) is 24.8 Å². The summed E-state index contributed by atoms with van der Waals surface area (Å²) in [4.78, 5) is 15.8. The fourth-order valence-corrected chi connectivity index (χ4v) is 3.03. The van der Waals surface area contributed by atoms with Crippen molar-refractivity contribution >= 4 is 50.1 Å². The van der Waals surface area contributed by atoms with E-state index in [1.807, 2.05) is 6.92 Å². The predicted molar refractivity (Wildman–Crippen MR) is 104 cm³/mol. The quantitative estimate of drug-likeness (QED) is 0.597. The predicted octanol–water partition coefficient (Wildman–Crippen LogP) is 2.27. The molecule has 0 saturated carbocycles. The van der Waals surface area contributed by atoms with Crippen LogP contribution in [0.25, 0.3) is 0 Å². The van der Waals surface area contributed by atoms with Gasteiger partial charge >= 0.3 is 6.03 Å². The summed E-state index contributed by atoms with van der Waals surface area (Å²) in [6, 6.07) is 5.64. The summed E-state index contributed by atoms with van der Waals surface area (Å²) in [7, 11) is -3.54. The maximum absolute atomic E-state index is 12.0. The van der Waals surface area contributed by atoms with Crippen molar-refractivity contribution in [1.82, 2.24) is 10.4 Å². The molecule has 2 rings (SSSR count). The molecule has 2 amide bonds. The number of aromatic nitrogens is 1. The van der Waals surface area contributed by atoms with Crippen LogP contribution >= 0.6 is 11.6 Å². The van der Waals surface area contributed by atoms with Gasteiger partial charge in [-0.2, -0.15) is 0 Å². The molecule has 0 aliphatic carbocycles. The Hall–Kier alpha value is -2.37. The molecular weight excluding hydrogens is 416 g/mol. The first kappa shape index (κ1) is 20.9. The third-order valence-electron chi connectivity index (χ3n) is 3.13. The van der Waals surface area contributed by atoms with Gasteiger partial charge in [0.15, 0.2) is 21.4 Å². The zero-order valence-electron chi connectivity index (χ0n) is 14.6. The van der Waals surface area contributed by atoms with Crippen molar-refractivity contribution in [2.24, 2.45) is 0 Å². The van der Waals surface area contributed by atoms with Gasteiger partial charge in [-0.3, -0.25) is 5.43 Å². The molecule has 0 saturated heterocycles. The van der Waals surface area contributed by atoms with Gasteiger partial charge in [-0.15, -0.1) is 0 Å². The van der Waals surface area contributed by atoms with Crippen molar-refractivity contribution in [3.05, 3.63) is 41.0 Å². The number of sulfone groups is 1. The van der Waals surface area contributed by atoms with Gasteiger partial charge < -0.3 is 9.50 Å². The number of benzene rings is 1. The fourth-order valence-electron chi connectivity index (χ4n) is 1.92. The Kier molecular flexibility index (Phi) is 6.63. The SMILES string of the molecule is Cc1ccc(Cl)c(NC(=O)NNc2ncc(S(C)(=O)=O)cc2OS(C)=O)c1. The molecule has 0 radical (unpaired) electrons. The Bertz CT molecular complexity index is 998. The Balaban J connectivity index is 2.15. The number of nitrogens with one attached hydrogen (secondary N) is 3. The highest BCUT2D eigenvalue weighted by Gasteiger charge is 2.15. The molecule has 3 N–H and O–H groups in total. The number of halogens is 1. The number of rotatable bonds is 6. The van der Waals surface area contributed by atoms with Crippen molar-refractivity contribution < 1.29 is 21.6 Å². The number of carbonyl (C=O) groups excluding carboxylic acids is 1. The molecule has 1 heterocycles. The molecule has 9 nitrogen and oxygen atoms in total. The number of urea groups is 1. The van der Waals surface area contributed by atoms with Gasteiger partial charge in [-0.1, -0.05) is 17.7 Å². The van der Waals surface area contributed by atoms with Crippen LogP contribution in [0.1, 0.15) is 5.56 Å². The number of hydrogen-bond acceptors (Lipinski definition) is 7. The summed E-state index contributed by atoms with van der Waals surface area (Å²) in [6.07, 6.45) is 3.35. The second-order valence-electron chi connectivity index (χ2n) is 5.46. The lowest BCUT2D eigenvalue weighted by atomic mass is 10.2. The van der Waals surface area contributed by atoms with E-state index in [9.17, 15) is 17.4 Å². The van der Waals surface area contributed by atoms with E-state index in [4.69, 9.17) is 15.8 Å². The minimum Gasteiger partial charge on any atom is -0.397 e. The smallest absolute Gasteiger partial charge is 0.337 e. The van der Waals surface area contributed by atoms with Crippen LogP contribution in [0.4, 0.5) is 16.3 Å². The van der Waals surface area contributed by atoms with E-state index < -0.39 is 26.9 Å². The van der Waals surface area contributed by atoms with E-state index in [-0.39, 0.29) is 16.5 Å². The summed E-state index contributed by atoms with van der Waals surface area (Å²) >= 11 is 4.28. The zero-order chi connectivity index (χ0) is 20.2. The van der Waals surface area contributed by atoms with Crippen LogP contribution in [0.2, 0.25) is 5.02 Å². The molecule has 2 aromatic rings. The summed E-state index contributed by atoms with van der Waals surface area (Å²) < 4.78 is 39.7. The second kappa shape index (κ2) is 8.55. The number of pyridine rings is 1. The number of nitrogens with zero attached hydrogens (tertiary/aromatic N) is 1. The molecule has 0 spiro atoms. The fraction of sp³-hybridized carbons (Fsp3) is 0.200. The molecule has 1 unspecified atom stereocenters. The highest BCUT2D eigenvalue weighted by atomic mass is 35.5. The maximum atomic E-state index is 12.0. The number of amides is 2. The maximum Gasteiger partial charge on any atom is 0.337 e. The van der Waals surface area contributed by atoms with Crippen LogP contribution < -0.4 is 20.4 Å². The van der Waals surface area contributed by atoms with E-state index in [1.54, 1.807) is 18.2 Å². The van der Waals surface area contributed by atoms with Gasteiger partial charge in [-0.25, -0.2) is 27.8 Å². The molecule has 0 fully saturated rings. The van der Waals surface area contributed by atoms with Crippen molar-refractivity contribution in [3.8, 4) is 5.75 Å². The zero-order valence-corrected chi connectivity index (χ0v) is 17.0.